The van der Waals surface area contributed by atoms with E-state index in [2.05, 4.69) is 0 Å². The van der Waals surface area contributed by atoms with Crippen LogP contribution >= 0.6 is 0 Å². The molecule has 1 nitrogen and oxygen atoms in total. The van der Waals surface area contributed by atoms with Gasteiger partial charge in [0, 0.05) is 0 Å². The van der Waals surface area contributed by atoms with Gasteiger partial charge >= 0.3 is 0 Å². The Balaban J connectivity index is 0.00000161. The smallest absolute Gasteiger partial charge is 0.285 e. The van der Waals surface area contributed by atoms with Gasteiger partial charge in [0.05, 0.1) is 0 Å². The highest BCUT2D eigenvalue weighted by Crippen LogP contribution is 2.03. The van der Waals surface area contributed by atoms with Gasteiger partial charge in [0.15, 0.2) is 0 Å². The summed E-state index contributed by atoms with van der Waals surface area (Å²) >= 11 is 0. The van der Waals surface area contributed by atoms with E-state index in [4.69, 9.17) is 0 Å². The molecule has 0 spiro atoms. The Morgan fingerprint density at radius 1 is 0.476 bits per heavy atom. The monoisotopic (exact) mass is 292 g/mol. The Kier molecular flexibility index (Phi) is 4.73. The quantitative estimate of drug-likeness (QED) is 0.580. The Hall–Kier alpha value is -2.16. The summed E-state index contributed by atoms with van der Waals surface area (Å²) in [5.41, 5.74) is 0. The molecule has 3 aromatic rings. The van der Waals surface area contributed by atoms with Crippen molar-refractivity contribution in [2.24, 2.45) is 0 Å². The van der Waals surface area contributed by atoms with Crippen molar-refractivity contribution in [2.75, 3.05) is 0 Å². The Morgan fingerprint density at radius 3 is 0.952 bits per heavy atom. The first-order valence-corrected chi connectivity index (χ1v) is 8.65. The number of rotatable bonds is 3. The maximum Gasteiger partial charge on any atom is 0.285 e. The second-order valence-corrected chi connectivity index (χ2v) is 7.96. The number of benzene rings is 3. The molecule has 0 bridgehead atoms. The van der Waals surface area contributed by atoms with Gasteiger partial charge in [-0.1, -0.05) is 98.4 Å². The fourth-order valence-electron chi connectivity index (χ4n) is 2.54. The molecule has 0 saturated heterocycles. The Labute approximate surface area is 127 Å². The molecular weight excluding hydrogens is 272 g/mol. The summed E-state index contributed by atoms with van der Waals surface area (Å²) in [6.45, 7) is 0. The van der Waals surface area contributed by atoms with E-state index >= 15 is 0 Å². The summed E-state index contributed by atoms with van der Waals surface area (Å²) in [5.74, 6) is 0. The Morgan fingerprint density at radius 2 is 0.714 bits per heavy atom. The van der Waals surface area contributed by atoms with Crippen molar-refractivity contribution in [3.05, 3.63) is 91.0 Å². The summed E-state index contributed by atoms with van der Waals surface area (Å²) < 4.78 is 0. The SMILES string of the molecule is C.O[Si](c1ccccc1)(c1ccccc1)c1ccccc1. The molecule has 0 aliphatic rings. The number of hydrogen-bond acceptors (Lipinski definition) is 1. The highest BCUT2D eigenvalue weighted by atomic mass is 28.4. The van der Waals surface area contributed by atoms with Gasteiger partial charge in [-0.3, -0.25) is 0 Å². The molecule has 1 N–H and O–H groups in total. The predicted molar refractivity (Wildman–Crippen MR) is 92.9 cm³/mol. The van der Waals surface area contributed by atoms with Gasteiger partial charge in [0.1, 0.15) is 0 Å². The third-order valence-corrected chi connectivity index (χ3v) is 7.08. The van der Waals surface area contributed by atoms with Crippen molar-refractivity contribution in [3.8, 4) is 0 Å². The van der Waals surface area contributed by atoms with E-state index in [9.17, 15) is 4.80 Å². The van der Waals surface area contributed by atoms with Gasteiger partial charge in [-0.05, 0) is 15.6 Å². The van der Waals surface area contributed by atoms with Crippen LogP contribution < -0.4 is 15.6 Å². The van der Waals surface area contributed by atoms with Crippen LogP contribution in [0.1, 0.15) is 7.43 Å². The van der Waals surface area contributed by atoms with Crippen LogP contribution in [-0.4, -0.2) is 13.1 Å². The predicted octanol–water partition coefficient (Wildman–Crippen LogP) is 2.28. The third-order valence-electron chi connectivity index (χ3n) is 3.57. The minimum absolute atomic E-state index is 0. The third kappa shape index (κ3) is 2.82. The molecule has 3 rings (SSSR count). The molecule has 0 aliphatic carbocycles. The summed E-state index contributed by atoms with van der Waals surface area (Å²) in [5, 5.41) is 3.03. The van der Waals surface area contributed by atoms with Crippen molar-refractivity contribution in [1.29, 1.82) is 0 Å². The van der Waals surface area contributed by atoms with Gasteiger partial charge in [0.2, 0.25) is 0 Å². The van der Waals surface area contributed by atoms with Crippen LogP contribution in [0.3, 0.4) is 0 Å². The van der Waals surface area contributed by atoms with Crippen LogP contribution in [0.4, 0.5) is 0 Å². The molecule has 2 heteroatoms. The topological polar surface area (TPSA) is 20.2 Å². The van der Waals surface area contributed by atoms with Gasteiger partial charge in [-0.25, -0.2) is 0 Å². The van der Waals surface area contributed by atoms with E-state index < -0.39 is 8.32 Å². The molecule has 0 aromatic heterocycles. The highest BCUT2D eigenvalue weighted by Gasteiger charge is 2.37. The van der Waals surface area contributed by atoms with Crippen molar-refractivity contribution in [2.45, 2.75) is 7.43 Å². The second kappa shape index (κ2) is 6.53. The van der Waals surface area contributed by atoms with Gasteiger partial charge < -0.3 is 4.80 Å². The molecule has 0 saturated carbocycles. The van der Waals surface area contributed by atoms with E-state index in [0.717, 1.165) is 15.6 Å². The molecule has 0 amide bonds. The van der Waals surface area contributed by atoms with Crippen molar-refractivity contribution < 1.29 is 4.80 Å². The summed E-state index contributed by atoms with van der Waals surface area (Å²) in [4.78, 5) is 11.6. The van der Waals surface area contributed by atoms with Crippen LogP contribution in [0.5, 0.6) is 0 Å². The van der Waals surface area contributed by atoms with E-state index in [1.807, 2.05) is 91.0 Å². The van der Waals surface area contributed by atoms with E-state index in [1.54, 1.807) is 0 Å². The summed E-state index contributed by atoms with van der Waals surface area (Å²) in [7, 11) is -2.88. The fourth-order valence-corrected chi connectivity index (χ4v) is 5.56. The molecule has 0 heterocycles. The molecular formula is C19H20OSi. The van der Waals surface area contributed by atoms with Gasteiger partial charge in [-0.2, -0.15) is 0 Å². The van der Waals surface area contributed by atoms with E-state index in [0.29, 0.717) is 0 Å². The maximum absolute atomic E-state index is 11.6. The largest absolute Gasteiger partial charge is 0.421 e. The molecule has 0 aliphatic heterocycles. The first-order valence-electron chi connectivity index (χ1n) is 6.71. The lowest BCUT2D eigenvalue weighted by atomic mass is 10.3. The van der Waals surface area contributed by atoms with Crippen LogP contribution in [0.2, 0.25) is 0 Å². The average molecular weight is 292 g/mol. The lowest BCUT2D eigenvalue weighted by Gasteiger charge is -2.26. The molecule has 0 radical (unpaired) electrons. The summed E-state index contributed by atoms with van der Waals surface area (Å²) in [6.07, 6.45) is 0. The van der Waals surface area contributed by atoms with Crippen molar-refractivity contribution in [1.82, 2.24) is 0 Å². The Bertz CT molecular complexity index is 569. The zero-order valence-corrected chi connectivity index (χ0v) is 12.1. The lowest BCUT2D eigenvalue weighted by Crippen LogP contribution is -2.67. The second-order valence-electron chi connectivity index (χ2n) is 4.81. The molecule has 21 heavy (non-hydrogen) atoms. The van der Waals surface area contributed by atoms with Gasteiger partial charge in [-0.15, -0.1) is 0 Å². The highest BCUT2D eigenvalue weighted by molar-refractivity contribution is 7.06. The standard InChI is InChI=1S/C18H16OSi.CH4/c19-20(16-10-4-1-5-11-16,17-12-6-2-7-13-17)18-14-8-3-9-15-18;/h1-15,19H;1H4. The van der Waals surface area contributed by atoms with Crippen LogP contribution in [-0.2, 0) is 0 Å². The minimum atomic E-state index is -2.88. The van der Waals surface area contributed by atoms with Crippen LogP contribution in [0.25, 0.3) is 0 Å². The molecule has 0 atom stereocenters. The average Bonchev–Trinajstić information content (AvgIpc) is 2.56. The zero-order valence-electron chi connectivity index (χ0n) is 11.1. The van der Waals surface area contributed by atoms with E-state index in [-0.39, 0.29) is 7.43 Å². The summed E-state index contributed by atoms with van der Waals surface area (Å²) in [6, 6.07) is 30.0. The molecule has 3 aromatic carbocycles. The first-order chi connectivity index (χ1) is 9.82. The fraction of sp³-hybridized carbons (Fsp3) is 0.0526. The van der Waals surface area contributed by atoms with Crippen LogP contribution in [0.15, 0.2) is 91.0 Å². The lowest BCUT2D eigenvalue weighted by molar-refractivity contribution is 0.583. The molecule has 0 unspecified atom stereocenters. The first kappa shape index (κ1) is 15.2. The zero-order chi connectivity index (χ0) is 13.8. The van der Waals surface area contributed by atoms with Crippen molar-refractivity contribution >= 4 is 23.9 Å². The van der Waals surface area contributed by atoms with Crippen molar-refractivity contribution in [3.63, 3.8) is 0 Å². The minimum Gasteiger partial charge on any atom is -0.421 e. The van der Waals surface area contributed by atoms with E-state index in [1.165, 1.54) is 0 Å². The maximum atomic E-state index is 11.6. The van der Waals surface area contributed by atoms with Gasteiger partial charge in [0.25, 0.3) is 8.32 Å². The molecule has 106 valence electrons. The number of hydrogen-bond donors (Lipinski definition) is 1. The molecule has 0 fully saturated rings. The normalized spacial score (nSPS) is 10.7. The van der Waals surface area contributed by atoms with Crippen LogP contribution in [0, 0.1) is 0 Å².